The fraction of sp³-hybridized carbons (Fsp3) is 0.333. The molecule has 6 nitrogen and oxygen atoms in total. The van der Waals surface area contributed by atoms with Gasteiger partial charge in [-0.3, -0.25) is 9.59 Å². The maximum absolute atomic E-state index is 12.2. The van der Waals surface area contributed by atoms with Crippen LogP contribution in [0.3, 0.4) is 0 Å². The van der Waals surface area contributed by atoms with Crippen molar-refractivity contribution < 1.29 is 24.2 Å². The highest BCUT2D eigenvalue weighted by Crippen LogP contribution is 2.26. The molecule has 0 spiro atoms. The molecule has 0 atom stereocenters. The van der Waals surface area contributed by atoms with Crippen molar-refractivity contribution in [2.45, 2.75) is 32.1 Å². The quantitative estimate of drug-likeness (QED) is 0.665. The number of carbonyl (C=O) groups is 2. The number of methoxy groups -OCH3 is 2. The second-order valence-corrected chi connectivity index (χ2v) is 6.17. The minimum absolute atomic E-state index is 0.0705. The third kappa shape index (κ3) is 6.66. The summed E-state index contributed by atoms with van der Waals surface area (Å²) >= 11 is 0. The fourth-order valence-electron chi connectivity index (χ4n) is 2.78. The van der Waals surface area contributed by atoms with Crippen LogP contribution in [-0.4, -0.2) is 31.2 Å². The number of amides is 1. The SMILES string of the molecule is COc1ccc(CCCC(=O)Nc2cccc(CCC(=O)O)c2)c(OC)c1. The van der Waals surface area contributed by atoms with E-state index in [2.05, 4.69) is 5.32 Å². The van der Waals surface area contributed by atoms with Crippen molar-refractivity contribution >= 4 is 17.6 Å². The minimum Gasteiger partial charge on any atom is -0.497 e. The number of ether oxygens (including phenoxy) is 2. The Kier molecular flexibility index (Phi) is 7.67. The van der Waals surface area contributed by atoms with E-state index in [9.17, 15) is 9.59 Å². The van der Waals surface area contributed by atoms with E-state index in [-0.39, 0.29) is 12.3 Å². The largest absolute Gasteiger partial charge is 0.497 e. The normalized spacial score (nSPS) is 10.3. The predicted octanol–water partition coefficient (Wildman–Crippen LogP) is 3.68. The van der Waals surface area contributed by atoms with Gasteiger partial charge in [0.25, 0.3) is 0 Å². The van der Waals surface area contributed by atoms with Gasteiger partial charge in [0.1, 0.15) is 11.5 Å². The van der Waals surface area contributed by atoms with Crippen LogP contribution in [-0.2, 0) is 22.4 Å². The first-order valence-electron chi connectivity index (χ1n) is 8.83. The van der Waals surface area contributed by atoms with Crippen molar-refractivity contribution in [2.75, 3.05) is 19.5 Å². The molecule has 0 saturated carbocycles. The molecule has 0 fully saturated rings. The van der Waals surface area contributed by atoms with E-state index >= 15 is 0 Å². The van der Waals surface area contributed by atoms with E-state index in [1.807, 2.05) is 36.4 Å². The lowest BCUT2D eigenvalue weighted by Crippen LogP contribution is -2.12. The average Bonchev–Trinajstić information content (AvgIpc) is 2.66. The zero-order chi connectivity index (χ0) is 19.6. The highest BCUT2D eigenvalue weighted by Gasteiger charge is 2.08. The predicted molar refractivity (Wildman–Crippen MR) is 104 cm³/mol. The molecule has 0 aromatic heterocycles. The average molecular weight is 371 g/mol. The summed E-state index contributed by atoms with van der Waals surface area (Å²) in [7, 11) is 3.22. The first-order chi connectivity index (χ1) is 13.0. The zero-order valence-electron chi connectivity index (χ0n) is 15.7. The second kappa shape index (κ2) is 10.2. The van der Waals surface area contributed by atoms with Crippen molar-refractivity contribution in [2.24, 2.45) is 0 Å². The van der Waals surface area contributed by atoms with E-state index in [4.69, 9.17) is 14.6 Å². The lowest BCUT2D eigenvalue weighted by molar-refractivity contribution is -0.137. The van der Waals surface area contributed by atoms with Gasteiger partial charge in [-0.2, -0.15) is 0 Å². The molecule has 2 rings (SSSR count). The summed E-state index contributed by atoms with van der Waals surface area (Å²) in [5.41, 5.74) is 2.60. The van der Waals surface area contributed by atoms with Crippen molar-refractivity contribution in [3.05, 3.63) is 53.6 Å². The molecule has 144 valence electrons. The Morgan fingerprint density at radius 2 is 1.81 bits per heavy atom. The van der Waals surface area contributed by atoms with Gasteiger partial charge < -0.3 is 19.9 Å². The third-order valence-corrected chi connectivity index (χ3v) is 4.18. The van der Waals surface area contributed by atoms with Gasteiger partial charge in [0.15, 0.2) is 0 Å². The monoisotopic (exact) mass is 371 g/mol. The van der Waals surface area contributed by atoms with Crippen LogP contribution in [0.25, 0.3) is 0 Å². The number of hydrogen-bond acceptors (Lipinski definition) is 4. The number of carboxylic acids is 1. The number of benzene rings is 2. The van der Waals surface area contributed by atoms with Gasteiger partial charge in [-0.25, -0.2) is 0 Å². The number of anilines is 1. The van der Waals surface area contributed by atoms with Crippen LogP contribution in [0.1, 0.15) is 30.4 Å². The Balaban J connectivity index is 1.84. The number of carboxylic acid groups (broad SMARTS) is 1. The van der Waals surface area contributed by atoms with Crippen molar-refractivity contribution in [1.29, 1.82) is 0 Å². The Bertz CT molecular complexity index is 788. The van der Waals surface area contributed by atoms with Crippen molar-refractivity contribution in [1.82, 2.24) is 0 Å². The Hall–Kier alpha value is -3.02. The van der Waals surface area contributed by atoms with Gasteiger partial charge >= 0.3 is 5.97 Å². The molecule has 0 aliphatic heterocycles. The summed E-state index contributed by atoms with van der Waals surface area (Å²) in [5.74, 6) is 0.577. The number of hydrogen-bond donors (Lipinski definition) is 2. The zero-order valence-corrected chi connectivity index (χ0v) is 15.7. The number of rotatable bonds is 10. The fourth-order valence-corrected chi connectivity index (χ4v) is 2.78. The maximum atomic E-state index is 12.2. The summed E-state index contributed by atoms with van der Waals surface area (Å²) in [6, 6.07) is 12.9. The summed E-state index contributed by atoms with van der Waals surface area (Å²) in [5, 5.41) is 11.6. The molecule has 27 heavy (non-hydrogen) atoms. The lowest BCUT2D eigenvalue weighted by Gasteiger charge is -2.11. The number of aliphatic carboxylic acids is 1. The van der Waals surface area contributed by atoms with Crippen LogP contribution < -0.4 is 14.8 Å². The highest BCUT2D eigenvalue weighted by molar-refractivity contribution is 5.90. The van der Waals surface area contributed by atoms with Crippen molar-refractivity contribution in [3.63, 3.8) is 0 Å². The molecule has 0 aliphatic rings. The molecule has 0 saturated heterocycles. The van der Waals surface area contributed by atoms with E-state index in [1.165, 1.54) is 0 Å². The molecular weight excluding hydrogens is 346 g/mol. The second-order valence-electron chi connectivity index (χ2n) is 6.17. The van der Waals surface area contributed by atoms with Gasteiger partial charge in [-0.05, 0) is 48.6 Å². The van der Waals surface area contributed by atoms with Gasteiger partial charge in [-0.1, -0.05) is 18.2 Å². The highest BCUT2D eigenvalue weighted by atomic mass is 16.5. The summed E-state index contributed by atoms with van der Waals surface area (Å²) in [6.45, 7) is 0. The van der Waals surface area contributed by atoms with Gasteiger partial charge in [0, 0.05) is 24.6 Å². The van der Waals surface area contributed by atoms with Crippen molar-refractivity contribution in [3.8, 4) is 11.5 Å². The molecule has 2 aromatic carbocycles. The van der Waals surface area contributed by atoms with Gasteiger partial charge in [-0.15, -0.1) is 0 Å². The smallest absolute Gasteiger partial charge is 0.303 e. The molecule has 0 unspecified atom stereocenters. The first-order valence-corrected chi connectivity index (χ1v) is 8.83. The van der Waals surface area contributed by atoms with E-state index in [1.54, 1.807) is 20.3 Å². The summed E-state index contributed by atoms with van der Waals surface area (Å²) in [4.78, 5) is 22.8. The van der Waals surface area contributed by atoms with E-state index < -0.39 is 5.97 Å². The summed E-state index contributed by atoms with van der Waals surface area (Å²) in [6.07, 6.45) is 2.30. The Morgan fingerprint density at radius 1 is 1.00 bits per heavy atom. The molecule has 6 heteroatoms. The molecule has 0 radical (unpaired) electrons. The topological polar surface area (TPSA) is 84.9 Å². The van der Waals surface area contributed by atoms with Crippen LogP contribution in [0.2, 0.25) is 0 Å². The minimum atomic E-state index is -0.835. The molecule has 0 heterocycles. The molecular formula is C21H25NO5. The standard InChI is InChI=1S/C21H25NO5/c1-26-18-11-10-16(19(14-18)27-2)6-4-8-20(23)22-17-7-3-5-15(13-17)9-12-21(24)25/h3,5,7,10-11,13-14H,4,6,8-9,12H2,1-2H3,(H,22,23)(H,24,25). The van der Waals surface area contributed by atoms with Crippen LogP contribution in [0.4, 0.5) is 5.69 Å². The van der Waals surface area contributed by atoms with E-state index in [0.29, 0.717) is 24.9 Å². The lowest BCUT2D eigenvalue weighted by atomic mass is 10.1. The third-order valence-electron chi connectivity index (χ3n) is 4.18. The van der Waals surface area contributed by atoms with Crippen LogP contribution in [0.15, 0.2) is 42.5 Å². The summed E-state index contributed by atoms with van der Waals surface area (Å²) < 4.78 is 10.6. The van der Waals surface area contributed by atoms with Crippen LogP contribution >= 0.6 is 0 Å². The number of nitrogens with one attached hydrogen (secondary N) is 1. The molecule has 2 aromatic rings. The molecule has 1 amide bonds. The maximum Gasteiger partial charge on any atom is 0.303 e. The Morgan fingerprint density at radius 3 is 2.52 bits per heavy atom. The van der Waals surface area contributed by atoms with Gasteiger partial charge in [0.05, 0.1) is 14.2 Å². The molecule has 2 N–H and O–H groups in total. The van der Waals surface area contributed by atoms with Crippen LogP contribution in [0.5, 0.6) is 11.5 Å². The first kappa shape index (κ1) is 20.3. The number of carbonyl (C=O) groups excluding carboxylic acids is 1. The van der Waals surface area contributed by atoms with Gasteiger partial charge in [0.2, 0.25) is 5.91 Å². The van der Waals surface area contributed by atoms with E-state index in [0.717, 1.165) is 29.0 Å². The molecule has 0 aliphatic carbocycles. The Labute approximate surface area is 159 Å². The number of aryl methyl sites for hydroxylation is 2. The van der Waals surface area contributed by atoms with Crippen LogP contribution in [0, 0.1) is 0 Å². The molecule has 0 bridgehead atoms.